The minimum Gasteiger partial charge on any atom is -0.345 e. The first-order valence-electron chi connectivity index (χ1n) is 7.39. The van der Waals surface area contributed by atoms with Gasteiger partial charge >= 0.3 is 0 Å². The Balaban J connectivity index is 1.77. The van der Waals surface area contributed by atoms with Gasteiger partial charge in [-0.25, -0.2) is 0 Å². The number of carbonyl (C=O) groups is 1. The monoisotopic (exact) mass is 277 g/mol. The van der Waals surface area contributed by atoms with E-state index in [1.807, 2.05) is 30.3 Å². The third kappa shape index (κ3) is 2.89. The molecule has 1 atom stereocenters. The van der Waals surface area contributed by atoms with Gasteiger partial charge in [0, 0.05) is 5.56 Å². The van der Waals surface area contributed by atoms with Crippen molar-refractivity contribution in [3.05, 3.63) is 77.4 Å². The fourth-order valence-corrected chi connectivity index (χ4v) is 2.92. The summed E-state index contributed by atoms with van der Waals surface area (Å²) in [5.74, 6) is -0.00712. The Kier molecular flexibility index (Phi) is 3.87. The molecule has 0 aromatic heterocycles. The summed E-state index contributed by atoms with van der Waals surface area (Å²) in [6, 6.07) is 16.0. The third-order valence-corrected chi connectivity index (χ3v) is 4.08. The summed E-state index contributed by atoms with van der Waals surface area (Å²) < 4.78 is 0. The zero-order valence-corrected chi connectivity index (χ0v) is 12.0. The molecule has 1 N–H and O–H groups in total. The summed E-state index contributed by atoms with van der Waals surface area (Å²) in [4.78, 5) is 12.4. The number of hydrogen-bond donors (Lipinski definition) is 1. The number of amides is 1. The fourth-order valence-electron chi connectivity index (χ4n) is 2.92. The molecule has 3 rings (SSSR count). The van der Waals surface area contributed by atoms with Gasteiger partial charge in [0.05, 0.1) is 6.04 Å². The lowest BCUT2D eigenvalue weighted by Crippen LogP contribution is -2.30. The van der Waals surface area contributed by atoms with Crippen LogP contribution in [0.4, 0.5) is 0 Å². The van der Waals surface area contributed by atoms with E-state index in [1.54, 1.807) is 6.08 Å². The van der Waals surface area contributed by atoms with Crippen LogP contribution in [0.5, 0.6) is 0 Å². The third-order valence-electron chi connectivity index (χ3n) is 4.08. The van der Waals surface area contributed by atoms with E-state index in [4.69, 9.17) is 0 Å². The Bertz CT molecular complexity index is 658. The van der Waals surface area contributed by atoms with Crippen LogP contribution in [0.25, 0.3) is 6.08 Å². The van der Waals surface area contributed by atoms with Gasteiger partial charge in [-0.2, -0.15) is 0 Å². The van der Waals surface area contributed by atoms with Crippen LogP contribution in [0.15, 0.2) is 55.1 Å². The van der Waals surface area contributed by atoms with Crippen molar-refractivity contribution in [2.45, 2.75) is 25.3 Å². The summed E-state index contributed by atoms with van der Waals surface area (Å²) in [5, 5.41) is 3.16. The van der Waals surface area contributed by atoms with E-state index in [9.17, 15) is 4.79 Å². The highest BCUT2D eigenvalue weighted by Gasteiger charge is 2.21. The lowest BCUT2D eigenvalue weighted by atomic mass is 9.87. The molecule has 2 aromatic rings. The molecular weight excluding hydrogens is 258 g/mol. The molecule has 1 amide bonds. The largest absolute Gasteiger partial charge is 0.345 e. The van der Waals surface area contributed by atoms with Crippen molar-refractivity contribution in [1.82, 2.24) is 5.32 Å². The molecule has 1 aliphatic carbocycles. The first-order valence-corrected chi connectivity index (χ1v) is 7.39. The zero-order chi connectivity index (χ0) is 14.7. The molecule has 1 unspecified atom stereocenters. The Hall–Kier alpha value is -2.35. The van der Waals surface area contributed by atoms with E-state index in [0.717, 1.165) is 24.8 Å². The molecule has 21 heavy (non-hydrogen) atoms. The van der Waals surface area contributed by atoms with Crippen molar-refractivity contribution in [2.75, 3.05) is 0 Å². The fraction of sp³-hybridized carbons (Fsp3) is 0.211. The van der Waals surface area contributed by atoms with Gasteiger partial charge in [-0.1, -0.05) is 49.1 Å². The number of rotatable bonds is 3. The molecule has 0 saturated heterocycles. The van der Waals surface area contributed by atoms with Crippen LogP contribution in [0.1, 0.15) is 45.9 Å². The quantitative estimate of drug-likeness (QED) is 0.897. The van der Waals surface area contributed by atoms with Crippen molar-refractivity contribution < 1.29 is 4.79 Å². The van der Waals surface area contributed by atoms with E-state index in [0.29, 0.717) is 5.56 Å². The number of nitrogens with one attached hydrogen (secondary N) is 1. The summed E-state index contributed by atoms with van der Waals surface area (Å²) in [6.07, 6.45) is 5.01. The Labute approximate surface area is 125 Å². The molecule has 0 fully saturated rings. The van der Waals surface area contributed by atoms with Gasteiger partial charge in [0.25, 0.3) is 5.91 Å². The molecule has 0 heterocycles. The molecular formula is C19H19NO. The van der Waals surface area contributed by atoms with E-state index in [1.165, 1.54) is 11.1 Å². The van der Waals surface area contributed by atoms with Crippen LogP contribution < -0.4 is 5.32 Å². The lowest BCUT2D eigenvalue weighted by molar-refractivity contribution is 0.0933. The summed E-state index contributed by atoms with van der Waals surface area (Å²) in [6.45, 7) is 3.72. The van der Waals surface area contributed by atoms with Gasteiger partial charge in [-0.15, -0.1) is 0 Å². The average molecular weight is 277 g/mol. The molecule has 1 aliphatic rings. The first-order chi connectivity index (χ1) is 10.3. The SMILES string of the molecule is C=Cc1ccc(C(=O)NC2CCCc3ccccc32)cc1. The highest BCUT2D eigenvalue weighted by molar-refractivity contribution is 5.94. The number of hydrogen-bond acceptors (Lipinski definition) is 1. The topological polar surface area (TPSA) is 29.1 Å². The van der Waals surface area contributed by atoms with Crippen molar-refractivity contribution in [3.8, 4) is 0 Å². The van der Waals surface area contributed by atoms with Gasteiger partial charge in [0.2, 0.25) is 0 Å². The number of aryl methyl sites for hydroxylation is 1. The Morgan fingerprint density at radius 1 is 1.14 bits per heavy atom. The molecule has 106 valence electrons. The van der Waals surface area contributed by atoms with Crippen LogP contribution >= 0.6 is 0 Å². The van der Waals surface area contributed by atoms with Crippen molar-refractivity contribution in [2.24, 2.45) is 0 Å². The molecule has 0 saturated carbocycles. The van der Waals surface area contributed by atoms with Gasteiger partial charge in [-0.05, 0) is 48.1 Å². The van der Waals surface area contributed by atoms with Crippen LogP contribution in [0.2, 0.25) is 0 Å². The van der Waals surface area contributed by atoms with Crippen LogP contribution in [0, 0.1) is 0 Å². The van der Waals surface area contributed by atoms with Crippen molar-refractivity contribution in [1.29, 1.82) is 0 Å². The maximum atomic E-state index is 12.4. The smallest absolute Gasteiger partial charge is 0.251 e. The van der Waals surface area contributed by atoms with E-state index in [2.05, 4.69) is 30.1 Å². The second-order valence-corrected chi connectivity index (χ2v) is 5.44. The first kappa shape index (κ1) is 13.6. The van der Waals surface area contributed by atoms with Crippen molar-refractivity contribution in [3.63, 3.8) is 0 Å². The van der Waals surface area contributed by atoms with E-state index in [-0.39, 0.29) is 11.9 Å². The summed E-state index contributed by atoms with van der Waals surface area (Å²) in [5.41, 5.74) is 4.34. The maximum absolute atomic E-state index is 12.4. The Morgan fingerprint density at radius 2 is 1.90 bits per heavy atom. The molecule has 0 aliphatic heterocycles. The van der Waals surface area contributed by atoms with E-state index < -0.39 is 0 Å². The van der Waals surface area contributed by atoms with Gasteiger partial charge in [0.15, 0.2) is 0 Å². The number of fused-ring (bicyclic) bond motifs is 1. The molecule has 0 radical (unpaired) electrons. The minimum absolute atomic E-state index is 0.00712. The molecule has 2 heteroatoms. The second kappa shape index (κ2) is 5.96. The summed E-state index contributed by atoms with van der Waals surface area (Å²) in [7, 11) is 0. The zero-order valence-electron chi connectivity index (χ0n) is 12.0. The summed E-state index contributed by atoms with van der Waals surface area (Å²) >= 11 is 0. The van der Waals surface area contributed by atoms with E-state index >= 15 is 0 Å². The Morgan fingerprint density at radius 3 is 2.67 bits per heavy atom. The predicted molar refractivity (Wildman–Crippen MR) is 86.1 cm³/mol. The molecule has 0 spiro atoms. The normalized spacial score (nSPS) is 16.9. The second-order valence-electron chi connectivity index (χ2n) is 5.44. The predicted octanol–water partition coefficient (Wildman–Crippen LogP) is 4.14. The van der Waals surface area contributed by atoms with Crippen LogP contribution in [-0.2, 0) is 6.42 Å². The average Bonchev–Trinajstić information content (AvgIpc) is 2.55. The number of benzene rings is 2. The van der Waals surface area contributed by atoms with Crippen LogP contribution in [0.3, 0.4) is 0 Å². The minimum atomic E-state index is -0.00712. The van der Waals surface area contributed by atoms with Crippen molar-refractivity contribution >= 4 is 12.0 Å². The van der Waals surface area contributed by atoms with Crippen LogP contribution in [-0.4, -0.2) is 5.91 Å². The molecule has 2 nitrogen and oxygen atoms in total. The maximum Gasteiger partial charge on any atom is 0.251 e. The highest BCUT2D eigenvalue weighted by Crippen LogP contribution is 2.29. The molecule has 2 aromatic carbocycles. The standard InChI is InChI=1S/C19H19NO/c1-2-14-10-12-16(13-11-14)19(21)20-18-9-5-7-15-6-3-4-8-17(15)18/h2-4,6,8,10-13,18H,1,5,7,9H2,(H,20,21). The van der Waals surface area contributed by atoms with Gasteiger partial charge < -0.3 is 5.32 Å². The number of carbonyl (C=O) groups excluding carboxylic acids is 1. The van der Waals surface area contributed by atoms with Gasteiger partial charge in [0.1, 0.15) is 0 Å². The molecule has 0 bridgehead atoms. The lowest BCUT2D eigenvalue weighted by Gasteiger charge is -2.26. The van der Waals surface area contributed by atoms with Gasteiger partial charge in [-0.3, -0.25) is 4.79 Å². The highest BCUT2D eigenvalue weighted by atomic mass is 16.1.